The number of fused-ring (bicyclic) bond motifs is 1. The Kier molecular flexibility index (Phi) is 4.28. The summed E-state index contributed by atoms with van der Waals surface area (Å²) in [5.41, 5.74) is 10.3. The van der Waals surface area contributed by atoms with Gasteiger partial charge < -0.3 is 14.8 Å². The van der Waals surface area contributed by atoms with E-state index in [9.17, 15) is 0 Å². The van der Waals surface area contributed by atoms with Crippen molar-refractivity contribution in [1.82, 2.24) is 10.9 Å². The number of hydrogen-bond acceptors (Lipinski definition) is 5. The number of hydrazine groups is 1. The monoisotopic (exact) mass is 325 g/mol. The van der Waals surface area contributed by atoms with Crippen LogP contribution in [0.5, 0.6) is 11.5 Å². The van der Waals surface area contributed by atoms with E-state index in [1.807, 2.05) is 6.07 Å². The van der Waals surface area contributed by atoms with Crippen LogP contribution in [0.15, 0.2) is 42.5 Å². The fraction of sp³-hybridized carbons (Fsp3) is 0.368. The predicted molar refractivity (Wildman–Crippen MR) is 94.5 cm³/mol. The zero-order valence-electron chi connectivity index (χ0n) is 13.8. The van der Waals surface area contributed by atoms with Crippen LogP contribution < -0.4 is 25.6 Å². The molecule has 2 atom stereocenters. The molecular formula is C19H23N3O2. The summed E-state index contributed by atoms with van der Waals surface area (Å²) < 4.78 is 11.3. The Bertz CT molecular complexity index is 702. The van der Waals surface area contributed by atoms with E-state index in [1.54, 1.807) is 0 Å². The van der Waals surface area contributed by atoms with Crippen molar-refractivity contribution in [3.05, 3.63) is 53.6 Å². The average molecular weight is 325 g/mol. The lowest BCUT2D eigenvalue weighted by Gasteiger charge is -2.23. The summed E-state index contributed by atoms with van der Waals surface area (Å²) in [4.78, 5) is 0. The highest BCUT2D eigenvalue weighted by molar-refractivity contribution is 5.46. The Hall–Kier alpha value is -2.24. The van der Waals surface area contributed by atoms with Crippen molar-refractivity contribution in [3.8, 4) is 11.5 Å². The smallest absolute Gasteiger partial charge is 0.161 e. The maximum atomic E-state index is 5.71. The van der Waals surface area contributed by atoms with E-state index < -0.39 is 0 Å². The van der Waals surface area contributed by atoms with Crippen LogP contribution in [-0.4, -0.2) is 26.3 Å². The standard InChI is InChI=1S/C19H23N3O2/c1-13-2-5-16(6-3-13)20-11-15-12-21-22-19(15)14-4-7-17-18(10-14)24-9-8-23-17/h2-7,10,15,19-22H,8-9,11-12H2,1H3. The molecule has 0 aromatic heterocycles. The molecule has 0 aliphatic carbocycles. The van der Waals surface area contributed by atoms with E-state index >= 15 is 0 Å². The fourth-order valence-electron chi connectivity index (χ4n) is 3.25. The Morgan fingerprint density at radius 3 is 2.67 bits per heavy atom. The third-order valence-electron chi connectivity index (χ3n) is 4.64. The van der Waals surface area contributed by atoms with E-state index in [4.69, 9.17) is 9.47 Å². The molecular weight excluding hydrogens is 302 g/mol. The van der Waals surface area contributed by atoms with Crippen molar-refractivity contribution in [2.75, 3.05) is 31.6 Å². The lowest BCUT2D eigenvalue weighted by Crippen LogP contribution is -2.26. The summed E-state index contributed by atoms with van der Waals surface area (Å²) in [6.45, 7) is 5.18. The number of aryl methyl sites for hydroxylation is 1. The molecule has 4 rings (SSSR count). The number of nitrogens with one attached hydrogen (secondary N) is 3. The number of benzene rings is 2. The second-order valence-corrected chi connectivity index (χ2v) is 6.41. The van der Waals surface area contributed by atoms with E-state index in [0.717, 1.165) is 30.3 Å². The Morgan fingerprint density at radius 1 is 1.04 bits per heavy atom. The molecule has 2 aliphatic heterocycles. The van der Waals surface area contributed by atoms with Crippen LogP contribution in [0.2, 0.25) is 0 Å². The van der Waals surface area contributed by atoms with Gasteiger partial charge in [-0.25, -0.2) is 5.43 Å². The van der Waals surface area contributed by atoms with Gasteiger partial charge in [-0.1, -0.05) is 23.8 Å². The number of rotatable bonds is 4. The molecule has 2 aromatic rings. The summed E-state index contributed by atoms with van der Waals surface area (Å²) in [5, 5.41) is 3.54. The van der Waals surface area contributed by atoms with Crippen LogP contribution in [0.25, 0.3) is 0 Å². The molecule has 5 heteroatoms. The second kappa shape index (κ2) is 6.71. The molecule has 2 heterocycles. The SMILES string of the molecule is Cc1ccc(NCC2CNNC2c2ccc3c(c2)OCCO3)cc1. The quantitative estimate of drug-likeness (QED) is 0.807. The van der Waals surface area contributed by atoms with Crippen molar-refractivity contribution < 1.29 is 9.47 Å². The summed E-state index contributed by atoms with van der Waals surface area (Å²) in [7, 11) is 0. The fourth-order valence-corrected chi connectivity index (χ4v) is 3.25. The Labute approximate surface area is 142 Å². The van der Waals surface area contributed by atoms with Crippen molar-refractivity contribution in [2.45, 2.75) is 13.0 Å². The molecule has 1 fully saturated rings. The summed E-state index contributed by atoms with van der Waals surface area (Å²) >= 11 is 0. The minimum Gasteiger partial charge on any atom is -0.486 e. The lowest BCUT2D eigenvalue weighted by molar-refractivity contribution is 0.171. The van der Waals surface area contributed by atoms with Crippen LogP contribution in [0, 0.1) is 12.8 Å². The van der Waals surface area contributed by atoms with Gasteiger partial charge in [0.2, 0.25) is 0 Å². The third kappa shape index (κ3) is 3.18. The molecule has 5 nitrogen and oxygen atoms in total. The molecule has 126 valence electrons. The predicted octanol–water partition coefficient (Wildman–Crippen LogP) is 2.64. The van der Waals surface area contributed by atoms with Gasteiger partial charge in [-0.05, 0) is 36.8 Å². The number of hydrogen-bond donors (Lipinski definition) is 3. The van der Waals surface area contributed by atoms with Crippen molar-refractivity contribution >= 4 is 5.69 Å². The normalized spacial score (nSPS) is 22.4. The maximum absolute atomic E-state index is 5.71. The summed E-state index contributed by atoms with van der Waals surface area (Å²) in [6, 6.07) is 15.0. The van der Waals surface area contributed by atoms with Gasteiger partial charge in [0.1, 0.15) is 13.2 Å². The van der Waals surface area contributed by atoms with Gasteiger partial charge in [0.15, 0.2) is 11.5 Å². The Morgan fingerprint density at radius 2 is 1.83 bits per heavy atom. The third-order valence-corrected chi connectivity index (χ3v) is 4.64. The minimum absolute atomic E-state index is 0.249. The molecule has 0 bridgehead atoms. The van der Waals surface area contributed by atoms with E-state index in [2.05, 4.69) is 59.5 Å². The van der Waals surface area contributed by atoms with Gasteiger partial charge in [0.05, 0.1) is 6.04 Å². The molecule has 0 saturated carbocycles. The molecule has 0 radical (unpaired) electrons. The van der Waals surface area contributed by atoms with Gasteiger partial charge in [0.25, 0.3) is 0 Å². The topological polar surface area (TPSA) is 54.5 Å². The summed E-state index contributed by atoms with van der Waals surface area (Å²) in [5.74, 6) is 2.14. The highest BCUT2D eigenvalue weighted by Crippen LogP contribution is 2.35. The first-order valence-electron chi connectivity index (χ1n) is 8.48. The van der Waals surface area contributed by atoms with E-state index in [-0.39, 0.29) is 6.04 Å². The Balaban J connectivity index is 1.45. The van der Waals surface area contributed by atoms with Gasteiger partial charge in [-0.3, -0.25) is 5.43 Å². The van der Waals surface area contributed by atoms with Gasteiger partial charge >= 0.3 is 0 Å². The molecule has 0 spiro atoms. The number of anilines is 1. The second-order valence-electron chi connectivity index (χ2n) is 6.41. The summed E-state index contributed by atoms with van der Waals surface area (Å²) in [6.07, 6.45) is 0. The lowest BCUT2D eigenvalue weighted by atomic mass is 9.94. The van der Waals surface area contributed by atoms with Crippen LogP contribution >= 0.6 is 0 Å². The van der Waals surface area contributed by atoms with E-state index in [1.165, 1.54) is 11.1 Å². The molecule has 1 saturated heterocycles. The molecule has 2 aliphatic rings. The van der Waals surface area contributed by atoms with Gasteiger partial charge in [-0.15, -0.1) is 0 Å². The van der Waals surface area contributed by atoms with Gasteiger partial charge in [-0.2, -0.15) is 0 Å². The van der Waals surface area contributed by atoms with Crippen molar-refractivity contribution in [1.29, 1.82) is 0 Å². The molecule has 2 aromatic carbocycles. The first-order valence-corrected chi connectivity index (χ1v) is 8.48. The highest BCUT2D eigenvalue weighted by atomic mass is 16.6. The first-order chi connectivity index (χ1) is 11.8. The van der Waals surface area contributed by atoms with Gasteiger partial charge in [0, 0.05) is 24.7 Å². The number of ether oxygens (including phenoxy) is 2. The zero-order valence-corrected chi connectivity index (χ0v) is 13.8. The molecule has 3 N–H and O–H groups in total. The molecule has 24 heavy (non-hydrogen) atoms. The molecule has 0 amide bonds. The molecule has 2 unspecified atom stereocenters. The van der Waals surface area contributed by atoms with Crippen molar-refractivity contribution in [2.24, 2.45) is 5.92 Å². The highest BCUT2D eigenvalue weighted by Gasteiger charge is 2.29. The first kappa shape index (κ1) is 15.3. The maximum Gasteiger partial charge on any atom is 0.161 e. The largest absolute Gasteiger partial charge is 0.486 e. The minimum atomic E-state index is 0.249. The van der Waals surface area contributed by atoms with Crippen LogP contribution in [0.3, 0.4) is 0 Å². The average Bonchev–Trinajstić information content (AvgIpc) is 3.09. The van der Waals surface area contributed by atoms with Crippen LogP contribution in [0.4, 0.5) is 5.69 Å². The van der Waals surface area contributed by atoms with Crippen LogP contribution in [0.1, 0.15) is 17.2 Å². The zero-order chi connectivity index (χ0) is 16.4. The van der Waals surface area contributed by atoms with Crippen LogP contribution in [-0.2, 0) is 0 Å². The van der Waals surface area contributed by atoms with E-state index in [0.29, 0.717) is 19.1 Å². The van der Waals surface area contributed by atoms with Crippen molar-refractivity contribution in [3.63, 3.8) is 0 Å².